The summed E-state index contributed by atoms with van der Waals surface area (Å²) in [6, 6.07) is 16.0. The van der Waals surface area contributed by atoms with Crippen LogP contribution in [0.3, 0.4) is 0 Å². The van der Waals surface area contributed by atoms with Crippen LogP contribution in [0.1, 0.15) is 21.5 Å². The topological polar surface area (TPSA) is 76.6 Å². The smallest absolute Gasteiger partial charge is 0.266 e. The Hall–Kier alpha value is -3.91. The maximum atomic E-state index is 13.3. The molecule has 8 heteroatoms. The monoisotopic (exact) mass is 475 g/mol. The summed E-state index contributed by atoms with van der Waals surface area (Å²) < 4.78 is 12.4. The summed E-state index contributed by atoms with van der Waals surface area (Å²) in [6.45, 7) is 3.95. The SMILES string of the molecule is COc1ccc(N(C)C(=O)c2ccc3c(=O)n(-c4cccc(C)c4C)c(=S)[nH]c3c2)cc1OC. The van der Waals surface area contributed by atoms with Crippen molar-refractivity contribution >= 4 is 34.7 Å². The summed E-state index contributed by atoms with van der Waals surface area (Å²) in [5.74, 6) is 0.854. The maximum Gasteiger partial charge on any atom is 0.266 e. The molecule has 0 aliphatic rings. The van der Waals surface area contributed by atoms with Gasteiger partial charge < -0.3 is 19.4 Å². The van der Waals surface area contributed by atoms with Gasteiger partial charge in [-0.05, 0) is 73.6 Å². The Balaban J connectivity index is 1.76. The van der Waals surface area contributed by atoms with E-state index in [0.29, 0.717) is 33.7 Å². The molecular weight excluding hydrogens is 450 g/mol. The number of fused-ring (bicyclic) bond motifs is 1. The number of carbonyl (C=O) groups is 1. The number of amides is 1. The second-order valence-electron chi connectivity index (χ2n) is 7.95. The zero-order chi connectivity index (χ0) is 24.6. The van der Waals surface area contributed by atoms with Crippen LogP contribution in [0.25, 0.3) is 16.6 Å². The number of aromatic amines is 1. The van der Waals surface area contributed by atoms with Gasteiger partial charge in [-0.25, -0.2) is 0 Å². The van der Waals surface area contributed by atoms with Gasteiger partial charge in [-0.15, -0.1) is 0 Å². The minimum absolute atomic E-state index is 0.236. The fraction of sp³-hybridized carbons (Fsp3) is 0.192. The van der Waals surface area contributed by atoms with E-state index >= 15 is 0 Å². The zero-order valence-corrected chi connectivity index (χ0v) is 20.4. The van der Waals surface area contributed by atoms with Gasteiger partial charge in [-0.3, -0.25) is 14.2 Å². The summed E-state index contributed by atoms with van der Waals surface area (Å²) in [6.07, 6.45) is 0. The van der Waals surface area contributed by atoms with Crippen molar-refractivity contribution in [1.82, 2.24) is 9.55 Å². The third kappa shape index (κ3) is 3.97. The second kappa shape index (κ2) is 9.15. The largest absolute Gasteiger partial charge is 0.493 e. The Morgan fingerprint density at radius 3 is 2.44 bits per heavy atom. The molecule has 4 rings (SSSR count). The van der Waals surface area contributed by atoms with Crippen LogP contribution in [0.2, 0.25) is 0 Å². The molecule has 1 N–H and O–H groups in total. The fourth-order valence-electron chi connectivity index (χ4n) is 3.89. The molecule has 0 atom stereocenters. The maximum absolute atomic E-state index is 13.3. The number of aryl methyl sites for hydroxylation is 1. The minimum atomic E-state index is -0.243. The number of benzene rings is 3. The number of ether oxygens (including phenoxy) is 2. The van der Waals surface area contributed by atoms with Crippen LogP contribution in [0.15, 0.2) is 59.4 Å². The quantitative estimate of drug-likeness (QED) is 0.413. The molecule has 0 spiro atoms. The fourth-order valence-corrected chi connectivity index (χ4v) is 4.18. The van der Waals surface area contributed by atoms with Gasteiger partial charge in [0, 0.05) is 24.4 Å². The first kappa shape index (κ1) is 23.3. The Kier molecular flexibility index (Phi) is 6.26. The van der Waals surface area contributed by atoms with E-state index in [1.165, 1.54) is 9.47 Å². The van der Waals surface area contributed by atoms with Crippen LogP contribution in [0.4, 0.5) is 5.69 Å². The van der Waals surface area contributed by atoms with Crippen LogP contribution >= 0.6 is 12.2 Å². The average molecular weight is 476 g/mol. The van der Waals surface area contributed by atoms with Crippen molar-refractivity contribution in [3.63, 3.8) is 0 Å². The lowest BCUT2D eigenvalue weighted by Crippen LogP contribution is -2.26. The third-order valence-electron chi connectivity index (χ3n) is 6.02. The summed E-state index contributed by atoms with van der Waals surface area (Å²) in [4.78, 5) is 31.2. The molecule has 174 valence electrons. The Morgan fingerprint density at radius 1 is 1.00 bits per heavy atom. The molecule has 0 saturated heterocycles. The molecule has 0 radical (unpaired) electrons. The van der Waals surface area contributed by atoms with Crippen LogP contribution in [-0.2, 0) is 0 Å². The Morgan fingerprint density at radius 2 is 1.74 bits per heavy atom. The second-order valence-corrected chi connectivity index (χ2v) is 8.34. The normalized spacial score (nSPS) is 10.9. The van der Waals surface area contributed by atoms with E-state index in [0.717, 1.165) is 16.8 Å². The predicted molar refractivity (Wildman–Crippen MR) is 136 cm³/mol. The minimum Gasteiger partial charge on any atom is -0.493 e. The number of hydrogen-bond donors (Lipinski definition) is 1. The molecule has 0 unspecified atom stereocenters. The predicted octanol–water partition coefficient (Wildman–Crippen LogP) is 4.96. The molecule has 0 fully saturated rings. The number of methoxy groups -OCH3 is 2. The standard InChI is InChI=1S/C26H25N3O4S/c1-15-7-6-8-21(16(15)2)29-25(31)19-11-9-17(13-20(19)27-26(29)34)24(30)28(3)18-10-12-22(32-4)23(14-18)33-5/h6-14H,1-5H3,(H,27,34). The number of H-pyrrole nitrogens is 1. The van der Waals surface area contributed by atoms with Crippen LogP contribution in [0, 0.1) is 18.6 Å². The van der Waals surface area contributed by atoms with E-state index in [1.54, 1.807) is 57.7 Å². The van der Waals surface area contributed by atoms with Crippen LogP contribution < -0.4 is 19.9 Å². The van der Waals surface area contributed by atoms with Crippen molar-refractivity contribution in [2.75, 3.05) is 26.2 Å². The van der Waals surface area contributed by atoms with Gasteiger partial charge in [-0.1, -0.05) is 12.1 Å². The van der Waals surface area contributed by atoms with Crippen molar-refractivity contribution in [3.8, 4) is 17.2 Å². The van der Waals surface area contributed by atoms with E-state index in [4.69, 9.17) is 21.7 Å². The first-order valence-corrected chi connectivity index (χ1v) is 11.0. The summed E-state index contributed by atoms with van der Waals surface area (Å²) in [7, 11) is 4.77. The van der Waals surface area contributed by atoms with Gasteiger partial charge in [0.25, 0.3) is 11.5 Å². The first-order valence-electron chi connectivity index (χ1n) is 10.6. The highest BCUT2D eigenvalue weighted by atomic mass is 32.1. The number of hydrogen-bond acceptors (Lipinski definition) is 5. The van der Waals surface area contributed by atoms with E-state index < -0.39 is 0 Å². The number of rotatable bonds is 5. The van der Waals surface area contributed by atoms with Crippen molar-refractivity contribution in [2.24, 2.45) is 0 Å². The Labute approximate surface area is 202 Å². The van der Waals surface area contributed by atoms with Gasteiger partial charge in [0.1, 0.15) is 0 Å². The molecular formula is C26H25N3O4S. The number of aromatic nitrogens is 2. The van der Waals surface area contributed by atoms with E-state index in [9.17, 15) is 9.59 Å². The highest BCUT2D eigenvalue weighted by Crippen LogP contribution is 2.31. The first-order chi connectivity index (χ1) is 16.3. The number of nitrogens with zero attached hydrogens (tertiary/aromatic N) is 2. The van der Waals surface area contributed by atoms with Gasteiger partial charge >= 0.3 is 0 Å². The van der Waals surface area contributed by atoms with E-state index in [2.05, 4.69) is 4.98 Å². The molecule has 1 amide bonds. The van der Waals surface area contributed by atoms with E-state index in [-0.39, 0.29) is 16.2 Å². The van der Waals surface area contributed by atoms with Gasteiger partial charge in [-0.2, -0.15) is 0 Å². The van der Waals surface area contributed by atoms with Gasteiger partial charge in [0.15, 0.2) is 16.3 Å². The molecule has 0 aliphatic carbocycles. The molecule has 0 bridgehead atoms. The van der Waals surface area contributed by atoms with Crippen molar-refractivity contribution < 1.29 is 14.3 Å². The molecule has 7 nitrogen and oxygen atoms in total. The lowest BCUT2D eigenvalue weighted by Gasteiger charge is -2.19. The molecule has 3 aromatic carbocycles. The molecule has 1 heterocycles. The Bertz CT molecular complexity index is 1540. The summed E-state index contributed by atoms with van der Waals surface area (Å²) >= 11 is 5.53. The average Bonchev–Trinajstić information content (AvgIpc) is 2.84. The van der Waals surface area contributed by atoms with Gasteiger partial charge in [0.2, 0.25) is 0 Å². The molecule has 1 aromatic heterocycles. The van der Waals surface area contributed by atoms with Crippen LogP contribution in [0.5, 0.6) is 11.5 Å². The van der Waals surface area contributed by atoms with Gasteiger partial charge in [0.05, 0.1) is 30.8 Å². The highest BCUT2D eigenvalue weighted by Gasteiger charge is 2.18. The molecule has 34 heavy (non-hydrogen) atoms. The van der Waals surface area contributed by atoms with E-state index in [1.807, 2.05) is 32.0 Å². The summed E-state index contributed by atoms with van der Waals surface area (Å²) in [5, 5.41) is 0.444. The highest BCUT2D eigenvalue weighted by molar-refractivity contribution is 7.71. The number of carbonyl (C=O) groups excluding carboxylic acids is 1. The lowest BCUT2D eigenvalue weighted by molar-refractivity contribution is 0.0993. The number of nitrogens with one attached hydrogen (secondary N) is 1. The summed E-state index contributed by atoms with van der Waals surface area (Å²) in [5.41, 5.74) is 4.11. The van der Waals surface area contributed by atoms with Crippen molar-refractivity contribution in [1.29, 1.82) is 0 Å². The molecule has 4 aromatic rings. The third-order valence-corrected chi connectivity index (χ3v) is 6.31. The van der Waals surface area contributed by atoms with Crippen LogP contribution in [-0.4, -0.2) is 36.7 Å². The van der Waals surface area contributed by atoms with Crippen molar-refractivity contribution in [3.05, 3.63) is 86.4 Å². The molecule has 0 saturated carbocycles. The number of anilines is 1. The lowest BCUT2D eigenvalue weighted by atomic mass is 10.1. The van der Waals surface area contributed by atoms with Crippen molar-refractivity contribution in [2.45, 2.75) is 13.8 Å². The zero-order valence-electron chi connectivity index (χ0n) is 19.6. The molecule has 0 aliphatic heterocycles.